The number of rotatable bonds is 15. The second-order valence-corrected chi connectivity index (χ2v) is 34.7. The van der Waals surface area contributed by atoms with Crippen LogP contribution in [0.25, 0.3) is 129 Å². The maximum Gasteiger partial charge on any atom is 0.0714 e. The molecule has 0 aliphatic heterocycles. The SMILES string of the molecule is c1ccc(-c2cc(-c3ccccc3)cc(N(c3ccccc3)c3ccc4c(c3)sc3cc(C5(c6cccc(-c7ccccc7)c6)c6ccccc6-c6cc7ccccc7cc65)ccc34)c2)cc1.c1ccc(-c2ccc(N(c3cccc(-c4ccccc4)c3)c3ccc4c(c3)sc3ccc(C5(c6ccccc6)c6ccccc6-c6ccccc65)cc34)cc2)cc1. The van der Waals surface area contributed by atoms with Gasteiger partial charge in [0.1, 0.15) is 0 Å². The Morgan fingerprint density at radius 2 is 0.492 bits per heavy atom. The Kier molecular flexibility index (Phi) is 18.5. The zero-order valence-electron chi connectivity index (χ0n) is 67.9. The molecule has 22 aromatic rings. The van der Waals surface area contributed by atoms with Crippen LogP contribution in [0.1, 0.15) is 44.5 Å². The summed E-state index contributed by atoms with van der Waals surface area (Å²) in [7, 11) is 0. The molecule has 2 aliphatic rings. The summed E-state index contributed by atoms with van der Waals surface area (Å²) in [6.45, 7) is 0. The van der Waals surface area contributed by atoms with Gasteiger partial charge in [0.15, 0.2) is 0 Å². The van der Waals surface area contributed by atoms with Gasteiger partial charge in [-0.3, -0.25) is 0 Å². The lowest BCUT2D eigenvalue weighted by Crippen LogP contribution is -2.28. The summed E-state index contributed by atoms with van der Waals surface area (Å²) in [5.74, 6) is 0. The van der Waals surface area contributed by atoms with Gasteiger partial charge in [0.05, 0.1) is 10.8 Å². The van der Waals surface area contributed by atoms with E-state index in [-0.39, 0.29) is 0 Å². The molecule has 2 aromatic heterocycles. The van der Waals surface area contributed by atoms with Gasteiger partial charge in [0, 0.05) is 74.5 Å². The van der Waals surface area contributed by atoms with Gasteiger partial charge in [0.25, 0.3) is 0 Å². The Bertz CT molecular complexity index is 7670. The van der Waals surface area contributed by atoms with E-state index < -0.39 is 10.8 Å². The first-order chi connectivity index (χ1) is 61.4. The molecular formula is C120H80N2S2. The van der Waals surface area contributed by atoms with Crippen LogP contribution in [0.5, 0.6) is 0 Å². The van der Waals surface area contributed by atoms with Crippen molar-refractivity contribution in [1.82, 2.24) is 0 Å². The number of hydrogen-bond acceptors (Lipinski definition) is 4. The van der Waals surface area contributed by atoms with Crippen molar-refractivity contribution in [3.05, 3.63) is 530 Å². The topological polar surface area (TPSA) is 6.48 Å². The van der Waals surface area contributed by atoms with Crippen LogP contribution >= 0.6 is 22.7 Å². The predicted molar refractivity (Wildman–Crippen MR) is 527 cm³/mol. The monoisotopic (exact) mass is 1610 g/mol. The molecule has 2 aliphatic carbocycles. The number of nitrogens with zero attached hydrogens (tertiary/aromatic N) is 2. The quantitative estimate of drug-likeness (QED) is 0.101. The highest BCUT2D eigenvalue weighted by Crippen LogP contribution is 2.60. The molecule has 1 atom stereocenters. The average molecular weight is 1610 g/mol. The largest absolute Gasteiger partial charge is 0.310 e. The molecule has 582 valence electrons. The zero-order chi connectivity index (χ0) is 82.1. The minimum atomic E-state index is -0.555. The molecule has 20 aromatic carbocycles. The normalized spacial score (nSPS) is 13.4. The third kappa shape index (κ3) is 12.7. The molecule has 0 fully saturated rings. The van der Waals surface area contributed by atoms with Crippen LogP contribution in [-0.4, -0.2) is 0 Å². The molecule has 0 bridgehead atoms. The van der Waals surface area contributed by atoms with E-state index in [2.05, 4.69) is 495 Å². The van der Waals surface area contributed by atoms with Gasteiger partial charge in [0.2, 0.25) is 0 Å². The van der Waals surface area contributed by atoms with Crippen molar-refractivity contribution in [2.45, 2.75) is 10.8 Å². The highest BCUT2D eigenvalue weighted by atomic mass is 32.1. The summed E-state index contributed by atoms with van der Waals surface area (Å²) >= 11 is 3.76. The van der Waals surface area contributed by atoms with Gasteiger partial charge in [-0.15, -0.1) is 22.7 Å². The average Bonchev–Trinajstić information content (AvgIpc) is 1.53. The van der Waals surface area contributed by atoms with E-state index >= 15 is 0 Å². The lowest BCUT2D eigenvalue weighted by atomic mass is 9.67. The van der Waals surface area contributed by atoms with Crippen molar-refractivity contribution in [3.63, 3.8) is 0 Å². The second-order valence-electron chi connectivity index (χ2n) is 32.5. The smallest absolute Gasteiger partial charge is 0.0714 e. The number of anilines is 6. The maximum absolute atomic E-state index is 2.50. The van der Waals surface area contributed by atoms with Crippen molar-refractivity contribution in [2.24, 2.45) is 0 Å². The van der Waals surface area contributed by atoms with E-state index in [1.165, 1.54) is 174 Å². The van der Waals surface area contributed by atoms with E-state index in [9.17, 15) is 0 Å². The molecule has 2 nitrogen and oxygen atoms in total. The molecular weight excluding hydrogens is 1530 g/mol. The van der Waals surface area contributed by atoms with Crippen molar-refractivity contribution in [1.29, 1.82) is 0 Å². The summed E-state index contributed by atoms with van der Waals surface area (Å²) in [4.78, 5) is 4.81. The highest BCUT2D eigenvalue weighted by molar-refractivity contribution is 7.26. The fraction of sp³-hybridized carbons (Fsp3) is 0.0167. The minimum Gasteiger partial charge on any atom is -0.310 e. The van der Waals surface area contributed by atoms with E-state index in [1.54, 1.807) is 0 Å². The Morgan fingerprint density at radius 3 is 1.06 bits per heavy atom. The second kappa shape index (κ2) is 31.1. The molecule has 0 spiro atoms. The summed E-state index contributed by atoms with van der Waals surface area (Å²) in [5.41, 5.74) is 33.4. The maximum atomic E-state index is 2.50. The summed E-state index contributed by atoms with van der Waals surface area (Å²) < 4.78 is 5.09. The van der Waals surface area contributed by atoms with E-state index in [1.807, 2.05) is 22.7 Å². The van der Waals surface area contributed by atoms with Gasteiger partial charge in [-0.25, -0.2) is 0 Å². The van der Waals surface area contributed by atoms with Crippen molar-refractivity contribution >= 4 is 108 Å². The van der Waals surface area contributed by atoms with Crippen LogP contribution in [0.3, 0.4) is 0 Å². The van der Waals surface area contributed by atoms with E-state index in [4.69, 9.17) is 0 Å². The third-order valence-corrected chi connectivity index (χ3v) is 27.9. The molecule has 0 N–H and O–H groups in total. The number of thiophene rings is 2. The van der Waals surface area contributed by atoms with Gasteiger partial charge >= 0.3 is 0 Å². The first-order valence-corrected chi connectivity index (χ1v) is 44.3. The fourth-order valence-corrected chi connectivity index (χ4v) is 22.3. The zero-order valence-corrected chi connectivity index (χ0v) is 69.5. The molecule has 1 unspecified atom stereocenters. The molecule has 0 saturated heterocycles. The molecule has 4 heteroatoms. The molecule has 2 heterocycles. The number of para-hydroxylation sites is 1. The van der Waals surface area contributed by atoms with Crippen LogP contribution in [0.15, 0.2) is 485 Å². The summed E-state index contributed by atoms with van der Waals surface area (Å²) in [6.07, 6.45) is 0. The molecule has 24 rings (SSSR count). The predicted octanol–water partition coefficient (Wildman–Crippen LogP) is 33.3. The third-order valence-electron chi connectivity index (χ3n) is 25.6. The lowest BCUT2D eigenvalue weighted by molar-refractivity contribution is 0.770. The molecule has 0 radical (unpaired) electrons. The molecule has 0 saturated carbocycles. The Balaban J connectivity index is 0.000000145. The first kappa shape index (κ1) is 73.8. The van der Waals surface area contributed by atoms with E-state index in [0.717, 1.165) is 34.1 Å². The molecule has 124 heavy (non-hydrogen) atoms. The van der Waals surface area contributed by atoms with Gasteiger partial charge < -0.3 is 9.80 Å². The van der Waals surface area contributed by atoms with Crippen molar-refractivity contribution in [2.75, 3.05) is 9.80 Å². The van der Waals surface area contributed by atoms with E-state index in [0.29, 0.717) is 0 Å². The van der Waals surface area contributed by atoms with Crippen LogP contribution in [0.4, 0.5) is 34.1 Å². The standard InChI is InChI=1S/C65H43NS.C55H37NS/c1-5-18-44(19-6-1)47-26-17-27-52(37-47)65(61-31-16-15-30-57(61)60-40-48-24-13-14-25-49(48)41-62(60)65)53-32-34-58-59-35-33-55(43-64(59)67-63(58)42-53)66(54-28-11-4-12-29-54)56-38-50(45-20-7-2-8-21-45)36-51(39-56)46-22-9-3-10-23-46;1-4-15-38(16-5-1)40-27-30-44(31-28-40)56(45-22-14-19-41(35-45)39-17-6-2-7-18-39)46-32-33-49-50-36-43(29-34-53(50)57-54(49)37-46)55(42-20-8-3-9-21-42)51-25-12-10-23-47(51)48-24-11-13-26-52(48)55/h1-43H;1-37H. The first-order valence-electron chi connectivity index (χ1n) is 42.6. The van der Waals surface area contributed by atoms with Crippen LogP contribution in [0, 0.1) is 0 Å². The van der Waals surface area contributed by atoms with Gasteiger partial charge in [-0.2, -0.15) is 0 Å². The van der Waals surface area contributed by atoms with Crippen LogP contribution in [0.2, 0.25) is 0 Å². The Hall–Kier alpha value is -15.3. The molecule has 0 amide bonds. The van der Waals surface area contributed by atoms with Crippen LogP contribution in [-0.2, 0) is 10.8 Å². The van der Waals surface area contributed by atoms with Gasteiger partial charge in [-0.1, -0.05) is 370 Å². The summed E-state index contributed by atoms with van der Waals surface area (Å²) in [5, 5.41) is 7.62. The number of benzene rings is 20. The van der Waals surface area contributed by atoms with Crippen LogP contribution < -0.4 is 9.80 Å². The Labute approximate surface area is 730 Å². The van der Waals surface area contributed by atoms with Crippen molar-refractivity contribution in [3.8, 4) is 77.9 Å². The Morgan fingerprint density at radius 1 is 0.153 bits per heavy atom. The lowest BCUT2D eigenvalue weighted by Gasteiger charge is -2.34. The number of fused-ring (bicyclic) bond motifs is 13. The van der Waals surface area contributed by atoms with Crippen molar-refractivity contribution < 1.29 is 0 Å². The number of hydrogen-bond donors (Lipinski definition) is 0. The van der Waals surface area contributed by atoms with Gasteiger partial charge in [-0.05, 0) is 248 Å². The highest BCUT2D eigenvalue weighted by Gasteiger charge is 2.48. The fourth-order valence-electron chi connectivity index (χ4n) is 20.0. The summed E-state index contributed by atoms with van der Waals surface area (Å²) in [6, 6.07) is 179. The minimum absolute atomic E-state index is 0.427.